The maximum absolute atomic E-state index is 2.50. The first-order valence-electron chi connectivity index (χ1n) is 21.2. The summed E-state index contributed by atoms with van der Waals surface area (Å²) in [7, 11) is 0. The number of fused-ring (bicyclic) bond motifs is 5. The average Bonchev–Trinajstić information content (AvgIpc) is 3.52. The normalized spacial score (nSPS) is 13.1. The largest absolute Gasteiger partial charge is 0.310 e. The predicted octanol–water partition coefficient (Wildman–Crippen LogP) is 13.5. The van der Waals surface area contributed by atoms with Crippen molar-refractivity contribution in [1.82, 2.24) is 0 Å². The molecule has 0 amide bonds. The zero-order valence-corrected chi connectivity index (χ0v) is 34.1. The minimum absolute atomic E-state index is 0.0503. The lowest BCUT2D eigenvalue weighted by Crippen LogP contribution is -2.53. The van der Waals surface area contributed by atoms with Crippen LogP contribution < -0.4 is 21.3 Å². The molecule has 12 rings (SSSR count). The lowest BCUT2D eigenvalue weighted by Gasteiger charge is -2.30. The maximum Gasteiger partial charge on any atom is 0.243 e. The minimum atomic E-state index is -0.117. The third-order valence-corrected chi connectivity index (χ3v) is 13.7. The number of hydrogen-bond acceptors (Lipinski definition) is 1. The van der Waals surface area contributed by atoms with Crippen LogP contribution in [-0.2, 0) is 5.41 Å². The van der Waals surface area contributed by atoms with Gasteiger partial charge >= 0.3 is 0 Å². The molecule has 0 bridgehead atoms. The molecule has 0 atom stereocenters. The van der Waals surface area contributed by atoms with E-state index < -0.39 is 0 Å². The first-order chi connectivity index (χ1) is 29.4. The molecule has 11 aromatic carbocycles. The molecular formula is C58H42BN. The first kappa shape index (κ1) is 34.8. The van der Waals surface area contributed by atoms with E-state index in [1.807, 2.05) is 0 Å². The van der Waals surface area contributed by atoms with Crippen LogP contribution in [-0.4, -0.2) is 6.71 Å². The first-order valence-corrected chi connectivity index (χ1v) is 21.2. The number of nitrogens with zero attached hydrogens (tertiary/aromatic N) is 1. The fraction of sp³-hybridized carbons (Fsp3) is 0.0690. The molecule has 0 saturated carbocycles. The monoisotopic (exact) mass is 763 g/mol. The van der Waals surface area contributed by atoms with Gasteiger partial charge in [0.15, 0.2) is 0 Å². The molecule has 0 aromatic heterocycles. The molecular weight excluding hydrogens is 721 g/mol. The molecule has 1 nitrogen and oxygen atoms in total. The van der Waals surface area contributed by atoms with E-state index in [2.05, 4.69) is 226 Å². The Labute approximate surface area is 351 Å². The van der Waals surface area contributed by atoms with E-state index in [9.17, 15) is 0 Å². The predicted molar refractivity (Wildman–Crippen MR) is 260 cm³/mol. The van der Waals surface area contributed by atoms with E-state index in [-0.39, 0.29) is 12.1 Å². The van der Waals surface area contributed by atoms with Crippen molar-refractivity contribution in [3.05, 3.63) is 217 Å². The van der Waals surface area contributed by atoms with Crippen LogP contribution in [0.15, 0.2) is 200 Å². The fourth-order valence-electron chi connectivity index (χ4n) is 10.7. The van der Waals surface area contributed by atoms with Gasteiger partial charge in [0, 0.05) is 22.2 Å². The van der Waals surface area contributed by atoms with Crippen molar-refractivity contribution in [2.24, 2.45) is 0 Å². The Balaban J connectivity index is 1.12. The van der Waals surface area contributed by atoms with Crippen molar-refractivity contribution in [3.63, 3.8) is 0 Å². The van der Waals surface area contributed by atoms with Crippen LogP contribution in [0.2, 0.25) is 0 Å². The minimum Gasteiger partial charge on any atom is -0.310 e. The second kappa shape index (κ2) is 13.2. The van der Waals surface area contributed by atoms with Gasteiger partial charge in [-0.2, -0.15) is 0 Å². The van der Waals surface area contributed by atoms with Crippen molar-refractivity contribution >= 4 is 94.0 Å². The molecule has 60 heavy (non-hydrogen) atoms. The highest BCUT2D eigenvalue weighted by molar-refractivity contribution is 6.98. The summed E-state index contributed by atoms with van der Waals surface area (Å²) in [5.41, 5.74) is 14.1. The van der Waals surface area contributed by atoms with Crippen LogP contribution >= 0.6 is 0 Å². The molecule has 0 N–H and O–H groups in total. The van der Waals surface area contributed by atoms with Gasteiger partial charge < -0.3 is 4.90 Å². The molecule has 0 spiro atoms. The van der Waals surface area contributed by atoms with Crippen LogP contribution in [0, 0.1) is 6.92 Å². The Morgan fingerprint density at radius 3 is 1.83 bits per heavy atom. The molecule has 282 valence electrons. The van der Waals surface area contributed by atoms with Gasteiger partial charge in [0.1, 0.15) is 0 Å². The number of aryl methyl sites for hydroxylation is 1. The molecule has 0 heterocycles. The van der Waals surface area contributed by atoms with Crippen molar-refractivity contribution < 1.29 is 0 Å². The van der Waals surface area contributed by atoms with E-state index in [1.165, 1.54) is 104 Å². The Bertz CT molecular complexity index is 3500. The Morgan fingerprint density at radius 2 is 0.967 bits per heavy atom. The van der Waals surface area contributed by atoms with Gasteiger partial charge in [-0.15, -0.1) is 0 Å². The molecule has 11 aromatic rings. The van der Waals surface area contributed by atoms with Crippen molar-refractivity contribution in [2.75, 3.05) is 4.90 Å². The van der Waals surface area contributed by atoms with Crippen LogP contribution in [0.1, 0.15) is 30.5 Å². The second-order valence-electron chi connectivity index (χ2n) is 17.3. The van der Waals surface area contributed by atoms with Crippen LogP contribution in [0.25, 0.3) is 65.0 Å². The summed E-state index contributed by atoms with van der Waals surface area (Å²) >= 11 is 0. The Morgan fingerprint density at radius 1 is 0.383 bits per heavy atom. The van der Waals surface area contributed by atoms with Crippen LogP contribution in [0.3, 0.4) is 0 Å². The van der Waals surface area contributed by atoms with E-state index >= 15 is 0 Å². The molecule has 1 aliphatic rings. The maximum atomic E-state index is 2.50. The molecule has 0 unspecified atom stereocenters. The van der Waals surface area contributed by atoms with Gasteiger partial charge in [-0.1, -0.05) is 206 Å². The van der Waals surface area contributed by atoms with Gasteiger partial charge in [0.25, 0.3) is 0 Å². The topological polar surface area (TPSA) is 3.24 Å². The third-order valence-electron chi connectivity index (χ3n) is 13.7. The van der Waals surface area contributed by atoms with Crippen LogP contribution in [0.5, 0.6) is 0 Å². The molecule has 0 radical (unpaired) electrons. The summed E-state index contributed by atoms with van der Waals surface area (Å²) < 4.78 is 0. The highest BCUT2D eigenvalue weighted by atomic mass is 15.1. The third kappa shape index (κ3) is 5.14. The fourth-order valence-corrected chi connectivity index (χ4v) is 10.7. The SMILES string of the molecule is Cc1ccccc1B(c1cccc2ccccc12)c1ccc2ccc3c(N(c4ccc5c(c4)C(C)(C)c4ccccc4-5)c4ccc5ccccc5c4)ccc4ccc1c2c43. The van der Waals surface area contributed by atoms with E-state index in [4.69, 9.17) is 0 Å². The van der Waals surface area contributed by atoms with E-state index in [0.717, 1.165) is 11.4 Å². The van der Waals surface area contributed by atoms with Gasteiger partial charge in [0.05, 0.1) is 5.69 Å². The highest BCUT2D eigenvalue weighted by Gasteiger charge is 2.36. The number of hydrogen-bond donors (Lipinski definition) is 0. The van der Waals surface area contributed by atoms with Crippen molar-refractivity contribution in [1.29, 1.82) is 0 Å². The summed E-state index contributed by atoms with van der Waals surface area (Å²) in [6.45, 7) is 7.06. The summed E-state index contributed by atoms with van der Waals surface area (Å²) in [4.78, 5) is 2.50. The lowest BCUT2D eigenvalue weighted by molar-refractivity contribution is 0.660. The zero-order chi connectivity index (χ0) is 40.1. The van der Waals surface area contributed by atoms with Gasteiger partial charge in [-0.3, -0.25) is 0 Å². The van der Waals surface area contributed by atoms with E-state index in [1.54, 1.807) is 0 Å². The molecule has 1 aliphatic carbocycles. The standard InChI is InChI=1S/C58H42BN/c1-37-13-4-11-21-52(37)59(53-22-12-17-39-15-7-8-18-45(39)53)54-33-26-40-25-31-49-55(34-27-41-24-30-48(54)56(40)57(41)49)60(43-28-23-38-14-5-6-16-42(38)35-43)44-29-32-47-46-19-9-10-20-50(46)58(2,3)51(47)36-44/h4-36H,1-3H3. The molecule has 0 fully saturated rings. The molecule has 0 saturated heterocycles. The van der Waals surface area contributed by atoms with Gasteiger partial charge in [-0.25, -0.2) is 0 Å². The summed E-state index contributed by atoms with van der Waals surface area (Å²) in [6, 6.07) is 75.2. The molecule has 0 aliphatic heterocycles. The summed E-state index contributed by atoms with van der Waals surface area (Å²) in [5.74, 6) is 0. The number of benzene rings is 11. The Kier molecular flexibility index (Phi) is 7.65. The molecule has 2 heteroatoms. The Hall–Kier alpha value is -7.16. The zero-order valence-electron chi connectivity index (χ0n) is 34.1. The summed E-state index contributed by atoms with van der Waals surface area (Å²) in [5, 5.41) is 12.7. The number of rotatable bonds is 6. The smallest absolute Gasteiger partial charge is 0.243 e. The quantitative estimate of drug-likeness (QED) is 0.120. The van der Waals surface area contributed by atoms with Gasteiger partial charge in [-0.05, 0) is 108 Å². The van der Waals surface area contributed by atoms with Gasteiger partial charge in [0.2, 0.25) is 6.71 Å². The van der Waals surface area contributed by atoms with Crippen molar-refractivity contribution in [3.8, 4) is 11.1 Å². The lowest BCUT2D eigenvalue weighted by atomic mass is 9.35. The highest BCUT2D eigenvalue weighted by Crippen LogP contribution is 2.51. The van der Waals surface area contributed by atoms with Crippen LogP contribution in [0.4, 0.5) is 17.1 Å². The average molecular weight is 764 g/mol. The van der Waals surface area contributed by atoms with Crippen molar-refractivity contribution in [2.45, 2.75) is 26.2 Å². The second-order valence-corrected chi connectivity index (χ2v) is 17.3. The summed E-state index contributed by atoms with van der Waals surface area (Å²) in [6.07, 6.45) is 0. The van der Waals surface area contributed by atoms with E-state index in [0.29, 0.717) is 0 Å². The number of anilines is 3.